The van der Waals surface area contributed by atoms with Gasteiger partial charge in [-0.05, 0) is 24.8 Å². The first-order chi connectivity index (χ1) is 7.72. The van der Waals surface area contributed by atoms with Crippen molar-refractivity contribution in [1.29, 1.82) is 0 Å². The van der Waals surface area contributed by atoms with E-state index in [4.69, 9.17) is 4.74 Å². The maximum Gasteiger partial charge on any atom is 0.224 e. The highest BCUT2D eigenvalue weighted by molar-refractivity contribution is 7.98. The van der Waals surface area contributed by atoms with E-state index < -0.39 is 5.82 Å². The Bertz CT molecular complexity index is 423. The summed E-state index contributed by atoms with van der Waals surface area (Å²) >= 11 is 1.55. The van der Waals surface area contributed by atoms with Crippen LogP contribution in [-0.2, 0) is 11.2 Å². The first-order valence-corrected chi connectivity index (χ1v) is 6.34. The topological polar surface area (TPSA) is 38.3 Å². The molecule has 1 aliphatic rings. The van der Waals surface area contributed by atoms with E-state index in [0.717, 1.165) is 5.56 Å². The van der Waals surface area contributed by atoms with Crippen molar-refractivity contribution in [2.24, 2.45) is 0 Å². The van der Waals surface area contributed by atoms with Gasteiger partial charge in [0.05, 0.1) is 5.69 Å². The molecule has 1 aromatic carbocycles. The van der Waals surface area contributed by atoms with Crippen LogP contribution < -0.4 is 10.1 Å². The van der Waals surface area contributed by atoms with Gasteiger partial charge >= 0.3 is 0 Å². The Morgan fingerprint density at radius 2 is 2.31 bits per heavy atom. The summed E-state index contributed by atoms with van der Waals surface area (Å²) in [7, 11) is 0. The fourth-order valence-corrected chi connectivity index (χ4v) is 1.93. The maximum atomic E-state index is 13.5. The predicted molar refractivity (Wildman–Crippen MR) is 62.4 cm³/mol. The summed E-state index contributed by atoms with van der Waals surface area (Å²) in [4.78, 5) is 11.2. The molecule has 1 heterocycles. The fourth-order valence-electron chi connectivity index (χ4n) is 1.68. The molecule has 0 spiro atoms. The molecular formula is C11H12FNO2S. The summed E-state index contributed by atoms with van der Waals surface area (Å²) in [6, 6.07) is 2.93. The molecular weight excluding hydrogens is 229 g/mol. The quantitative estimate of drug-likeness (QED) is 0.826. The molecule has 0 bridgehead atoms. The lowest BCUT2D eigenvalue weighted by molar-refractivity contribution is -0.116. The van der Waals surface area contributed by atoms with Gasteiger partial charge in [0.25, 0.3) is 0 Å². The number of hydrogen-bond acceptors (Lipinski definition) is 3. The highest BCUT2D eigenvalue weighted by Gasteiger charge is 2.21. The number of fused-ring (bicyclic) bond motifs is 1. The first kappa shape index (κ1) is 11.3. The third-order valence-electron chi connectivity index (χ3n) is 2.42. The molecule has 1 N–H and O–H groups in total. The number of rotatable bonds is 3. The fraction of sp³-hybridized carbons (Fsp3) is 0.364. The molecule has 0 aromatic heterocycles. The molecule has 1 aliphatic heterocycles. The van der Waals surface area contributed by atoms with Crippen LogP contribution in [0.4, 0.5) is 10.1 Å². The van der Waals surface area contributed by atoms with Crippen LogP contribution >= 0.6 is 11.8 Å². The average molecular weight is 241 g/mol. The molecule has 5 heteroatoms. The van der Waals surface area contributed by atoms with Gasteiger partial charge in [-0.1, -0.05) is 0 Å². The molecule has 0 saturated heterocycles. The Hall–Kier alpha value is -1.23. The summed E-state index contributed by atoms with van der Waals surface area (Å²) in [5, 5.41) is 2.54. The molecule has 1 amide bonds. The predicted octanol–water partition coefficient (Wildman–Crippen LogP) is 2.41. The zero-order valence-corrected chi connectivity index (χ0v) is 9.70. The van der Waals surface area contributed by atoms with Crippen molar-refractivity contribution in [3.63, 3.8) is 0 Å². The second kappa shape index (κ2) is 4.74. The van der Waals surface area contributed by atoms with Gasteiger partial charge in [-0.2, -0.15) is 0 Å². The second-order valence-electron chi connectivity index (χ2n) is 3.50. The average Bonchev–Trinajstić information content (AvgIpc) is 2.29. The van der Waals surface area contributed by atoms with Crippen LogP contribution in [0.5, 0.6) is 5.75 Å². The summed E-state index contributed by atoms with van der Waals surface area (Å²) in [5.74, 6) is 0.630. The summed E-state index contributed by atoms with van der Waals surface area (Å²) in [5.41, 5.74) is 1.03. The van der Waals surface area contributed by atoms with Gasteiger partial charge < -0.3 is 10.1 Å². The third-order valence-corrected chi connectivity index (χ3v) is 2.77. The number of halogens is 1. The number of ether oxygens (including phenoxy) is 1. The molecule has 0 fully saturated rings. The number of nitrogens with one attached hydrogen (secondary N) is 1. The van der Waals surface area contributed by atoms with Crippen molar-refractivity contribution >= 4 is 23.4 Å². The number of carbonyl (C=O) groups excluding carboxylic acids is 1. The number of thioether (sulfide) groups is 1. The van der Waals surface area contributed by atoms with E-state index in [9.17, 15) is 9.18 Å². The van der Waals surface area contributed by atoms with Crippen molar-refractivity contribution in [2.75, 3.05) is 17.5 Å². The van der Waals surface area contributed by atoms with E-state index in [1.54, 1.807) is 17.8 Å². The Morgan fingerprint density at radius 1 is 1.50 bits per heavy atom. The normalized spacial score (nSPS) is 14.2. The lowest BCUT2D eigenvalue weighted by atomic mass is 10.0. The molecule has 1 aromatic rings. The number of hydrogen-bond donors (Lipinski definition) is 1. The maximum absolute atomic E-state index is 13.5. The monoisotopic (exact) mass is 241 g/mol. The molecule has 86 valence electrons. The summed E-state index contributed by atoms with van der Waals surface area (Å²) < 4.78 is 19.0. The van der Waals surface area contributed by atoms with E-state index in [1.807, 2.05) is 6.26 Å². The van der Waals surface area contributed by atoms with Crippen molar-refractivity contribution in [2.45, 2.75) is 12.8 Å². The van der Waals surface area contributed by atoms with E-state index in [0.29, 0.717) is 24.5 Å². The van der Waals surface area contributed by atoms with Crippen molar-refractivity contribution in [3.05, 3.63) is 23.5 Å². The van der Waals surface area contributed by atoms with E-state index >= 15 is 0 Å². The lowest BCUT2D eigenvalue weighted by Crippen LogP contribution is -2.20. The Kier molecular flexibility index (Phi) is 3.33. The molecule has 16 heavy (non-hydrogen) atoms. The Balaban J connectivity index is 2.34. The van der Waals surface area contributed by atoms with Crippen LogP contribution in [0.15, 0.2) is 12.1 Å². The highest BCUT2D eigenvalue weighted by Crippen LogP contribution is 2.33. The molecule has 0 aliphatic carbocycles. The SMILES string of the molecule is CSCOc1ccc(F)c2c1CCC(=O)N2. The van der Waals surface area contributed by atoms with E-state index in [2.05, 4.69) is 5.32 Å². The zero-order valence-electron chi connectivity index (χ0n) is 8.88. The molecule has 0 radical (unpaired) electrons. The minimum atomic E-state index is -0.403. The van der Waals surface area contributed by atoms with Gasteiger partial charge in [0.15, 0.2) is 0 Å². The van der Waals surface area contributed by atoms with Gasteiger partial charge in [0, 0.05) is 12.0 Å². The Morgan fingerprint density at radius 3 is 3.06 bits per heavy atom. The van der Waals surface area contributed by atoms with Gasteiger partial charge in [0.2, 0.25) is 5.91 Å². The highest BCUT2D eigenvalue weighted by atomic mass is 32.2. The first-order valence-electron chi connectivity index (χ1n) is 4.95. The van der Waals surface area contributed by atoms with Crippen LogP contribution in [0.25, 0.3) is 0 Å². The molecule has 2 rings (SSSR count). The third kappa shape index (κ3) is 2.14. The number of carbonyl (C=O) groups is 1. The lowest BCUT2D eigenvalue weighted by Gasteiger charge is -2.20. The number of benzene rings is 1. The zero-order chi connectivity index (χ0) is 11.5. The van der Waals surface area contributed by atoms with Gasteiger partial charge in [0.1, 0.15) is 17.5 Å². The van der Waals surface area contributed by atoms with Crippen molar-refractivity contribution in [3.8, 4) is 5.75 Å². The van der Waals surface area contributed by atoms with Crippen molar-refractivity contribution < 1.29 is 13.9 Å². The summed E-state index contributed by atoms with van der Waals surface area (Å²) in [6.45, 7) is 0. The molecule has 0 saturated carbocycles. The molecule has 0 unspecified atom stereocenters. The van der Waals surface area contributed by atoms with E-state index in [1.165, 1.54) is 6.07 Å². The minimum Gasteiger partial charge on any atom is -0.483 e. The van der Waals surface area contributed by atoms with E-state index in [-0.39, 0.29) is 11.6 Å². The Labute approximate surface area is 97.4 Å². The van der Waals surface area contributed by atoms with Gasteiger partial charge in [-0.15, -0.1) is 11.8 Å². The largest absolute Gasteiger partial charge is 0.483 e. The summed E-state index contributed by atoms with van der Waals surface area (Å²) in [6.07, 6.45) is 2.84. The molecule has 0 atom stereocenters. The van der Waals surface area contributed by atoms with Crippen molar-refractivity contribution in [1.82, 2.24) is 0 Å². The molecule has 3 nitrogen and oxygen atoms in total. The standard InChI is InChI=1S/C11H12FNO2S/c1-16-6-15-9-4-3-8(12)11-7(9)2-5-10(14)13-11/h3-4H,2,5-6H2,1H3,(H,13,14). The smallest absolute Gasteiger partial charge is 0.224 e. The van der Waals surface area contributed by atoms with Crippen LogP contribution in [0.2, 0.25) is 0 Å². The van der Waals surface area contributed by atoms with Crippen LogP contribution in [0.3, 0.4) is 0 Å². The van der Waals surface area contributed by atoms with Crippen LogP contribution in [0.1, 0.15) is 12.0 Å². The second-order valence-corrected chi connectivity index (χ2v) is 4.31. The number of anilines is 1. The van der Waals surface area contributed by atoms with Crippen LogP contribution in [0, 0.1) is 5.82 Å². The van der Waals surface area contributed by atoms with Gasteiger partial charge in [-0.3, -0.25) is 4.79 Å². The van der Waals surface area contributed by atoms with Crippen LogP contribution in [-0.4, -0.2) is 18.1 Å². The number of amides is 1. The minimum absolute atomic E-state index is 0.145. The van der Waals surface area contributed by atoms with Gasteiger partial charge in [-0.25, -0.2) is 4.39 Å².